The SMILES string of the molecule is C=CCOc1ccc(/C=N\NC(=O)C(=O)NCc2ccccc2)cc1OC. The van der Waals surface area contributed by atoms with Gasteiger partial charge >= 0.3 is 11.8 Å². The summed E-state index contributed by atoms with van der Waals surface area (Å²) in [5.74, 6) is -0.520. The predicted molar refractivity (Wildman–Crippen MR) is 103 cm³/mol. The molecule has 2 rings (SSSR count). The Labute approximate surface area is 157 Å². The highest BCUT2D eigenvalue weighted by atomic mass is 16.5. The maximum atomic E-state index is 11.8. The summed E-state index contributed by atoms with van der Waals surface area (Å²) in [7, 11) is 1.52. The van der Waals surface area contributed by atoms with Gasteiger partial charge in [0.15, 0.2) is 11.5 Å². The number of amides is 2. The summed E-state index contributed by atoms with van der Waals surface area (Å²) in [6.07, 6.45) is 3.04. The Morgan fingerprint density at radius 3 is 2.59 bits per heavy atom. The summed E-state index contributed by atoms with van der Waals surface area (Å²) in [5, 5.41) is 6.31. The van der Waals surface area contributed by atoms with Crippen molar-refractivity contribution in [2.24, 2.45) is 5.10 Å². The summed E-state index contributed by atoms with van der Waals surface area (Å²) < 4.78 is 10.7. The number of hydrogen-bond acceptors (Lipinski definition) is 5. The van der Waals surface area contributed by atoms with Gasteiger partial charge in [-0.1, -0.05) is 43.0 Å². The van der Waals surface area contributed by atoms with Crippen molar-refractivity contribution in [3.8, 4) is 11.5 Å². The van der Waals surface area contributed by atoms with Crippen LogP contribution in [0.4, 0.5) is 0 Å². The molecule has 0 atom stereocenters. The van der Waals surface area contributed by atoms with Gasteiger partial charge in [0, 0.05) is 6.54 Å². The van der Waals surface area contributed by atoms with Crippen molar-refractivity contribution in [3.63, 3.8) is 0 Å². The second-order valence-corrected chi connectivity index (χ2v) is 5.38. The van der Waals surface area contributed by atoms with E-state index in [0.29, 0.717) is 23.7 Å². The molecule has 0 saturated carbocycles. The van der Waals surface area contributed by atoms with Gasteiger partial charge in [0.1, 0.15) is 6.61 Å². The van der Waals surface area contributed by atoms with Gasteiger partial charge in [0.25, 0.3) is 0 Å². The Hall–Kier alpha value is -3.61. The molecular weight excluding hydrogens is 346 g/mol. The summed E-state index contributed by atoms with van der Waals surface area (Å²) >= 11 is 0. The van der Waals surface area contributed by atoms with E-state index in [-0.39, 0.29) is 6.54 Å². The number of ether oxygens (including phenoxy) is 2. The second-order valence-electron chi connectivity index (χ2n) is 5.38. The van der Waals surface area contributed by atoms with E-state index in [1.54, 1.807) is 24.3 Å². The summed E-state index contributed by atoms with van der Waals surface area (Å²) in [4.78, 5) is 23.5. The zero-order valence-electron chi connectivity index (χ0n) is 15.0. The monoisotopic (exact) mass is 367 g/mol. The molecule has 140 valence electrons. The van der Waals surface area contributed by atoms with Crippen LogP contribution in [0.5, 0.6) is 11.5 Å². The van der Waals surface area contributed by atoms with Gasteiger partial charge in [0.2, 0.25) is 0 Å². The Kier molecular flexibility index (Phi) is 7.59. The molecule has 0 aliphatic rings. The van der Waals surface area contributed by atoms with Crippen molar-refractivity contribution >= 4 is 18.0 Å². The zero-order valence-corrected chi connectivity index (χ0v) is 15.0. The fraction of sp³-hybridized carbons (Fsp3) is 0.150. The van der Waals surface area contributed by atoms with Crippen molar-refractivity contribution in [1.82, 2.24) is 10.7 Å². The molecule has 7 heteroatoms. The van der Waals surface area contributed by atoms with Crippen LogP contribution in [-0.4, -0.2) is 31.7 Å². The lowest BCUT2D eigenvalue weighted by molar-refractivity contribution is -0.139. The lowest BCUT2D eigenvalue weighted by Gasteiger charge is -2.09. The fourth-order valence-electron chi connectivity index (χ4n) is 2.11. The third-order valence-electron chi connectivity index (χ3n) is 3.43. The van der Waals surface area contributed by atoms with Crippen LogP contribution in [0.3, 0.4) is 0 Å². The average Bonchev–Trinajstić information content (AvgIpc) is 2.71. The van der Waals surface area contributed by atoms with E-state index in [9.17, 15) is 9.59 Å². The molecule has 0 heterocycles. The normalized spacial score (nSPS) is 10.3. The van der Waals surface area contributed by atoms with Crippen molar-refractivity contribution in [3.05, 3.63) is 72.3 Å². The van der Waals surface area contributed by atoms with Gasteiger partial charge in [-0.05, 0) is 29.3 Å². The number of hydrogen-bond donors (Lipinski definition) is 2. The van der Waals surface area contributed by atoms with Gasteiger partial charge in [0.05, 0.1) is 13.3 Å². The maximum Gasteiger partial charge on any atom is 0.329 e. The Bertz CT molecular complexity index is 819. The number of methoxy groups -OCH3 is 1. The predicted octanol–water partition coefficient (Wildman–Crippen LogP) is 2.03. The number of nitrogens with one attached hydrogen (secondary N) is 2. The summed E-state index contributed by atoms with van der Waals surface area (Å²) in [6, 6.07) is 14.5. The number of nitrogens with zero attached hydrogens (tertiary/aromatic N) is 1. The maximum absolute atomic E-state index is 11.8. The topological polar surface area (TPSA) is 89.0 Å². The third-order valence-corrected chi connectivity index (χ3v) is 3.43. The van der Waals surface area contributed by atoms with Crippen LogP contribution < -0.4 is 20.2 Å². The number of benzene rings is 2. The molecule has 2 N–H and O–H groups in total. The molecule has 2 aromatic rings. The van der Waals surface area contributed by atoms with Gasteiger partial charge in [-0.25, -0.2) is 5.43 Å². The highest BCUT2D eigenvalue weighted by Crippen LogP contribution is 2.27. The van der Waals surface area contributed by atoms with E-state index in [1.165, 1.54) is 13.3 Å². The van der Waals surface area contributed by atoms with Crippen molar-refractivity contribution in [2.45, 2.75) is 6.54 Å². The first-order valence-corrected chi connectivity index (χ1v) is 8.21. The number of hydrazone groups is 1. The van der Waals surface area contributed by atoms with Gasteiger partial charge < -0.3 is 14.8 Å². The summed E-state index contributed by atoms with van der Waals surface area (Å²) in [6.45, 7) is 4.21. The number of carbonyl (C=O) groups is 2. The van der Waals surface area contributed by atoms with Crippen LogP contribution in [0.25, 0.3) is 0 Å². The van der Waals surface area contributed by atoms with Crippen LogP contribution in [-0.2, 0) is 16.1 Å². The van der Waals surface area contributed by atoms with Crippen LogP contribution in [0, 0.1) is 0 Å². The molecule has 0 aromatic heterocycles. The van der Waals surface area contributed by atoms with Crippen molar-refractivity contribution < 1.29 is 19.1 Å². The molecule has 0 fully saturated rings. The molecule has 0 radical (unpaired) electrons. The summed E-state index contributed by atoms with van der Waals surface area (Å²) in [5.41, 5.74) is 3.75. The Morgan fingerprint density at radius 2 is 1.89 bits per heavy atom. The van der Waals surface area contributed by atoms with E-state index in [1.807, 2.05) is 30.3 Å². The molecule has 0 aliphatic heterocycles. The molecule has 2 aromatic carbocycles. The molecule has 27 heavy (non-hydrogen) atoms. The van der Waals surface area contributed by atoms with Gasteiger partial charge in [-0.2, -0.15) is 5.10 Å². The highest BCUT2D eigenvalue weighted by Gasteiger charge is 2.11. The minimum absolute atomic E-state index is 0.264. The smallest absolute Gasteiger partial charge is 0.329 e. The van der Waals surface area contributed by atoms with E-state index in [2.05, 4.69) is 22.4 Å². The molecule has 0 bridgehead atoms. The molecule has 0 saturated heterocycles. The largest absolute Gasteiger partial charge is 0.493 e. The first kappa shape index (κ1) is 19.7. The van der Waals surface area contributed by atoms with E-state index in [0.717, 1.165) is 5.56 Å². The van der Waals surface area contributed by atoms with Crippen LogP contribution in [0.15, 0.2) is 66.3 Å². The molecule has 7 nitrogen and oxygen atoms in total. The molecule has 0 spiro atoms. The van der Waals surface area contributed by atoms with E-state index in [4.69, 9.17) is 9.47 Å². The lowest BCUT2D eigenvalue weighted by atomic mass is 10.2. The molecule has 0 unspecified atom stereocenters. The first-order chi connectivity index (χ1) is 13.1. The van der Waals surface area contributed by atoms with Gasteiger partial charge in [-0.15, -0.1) is 0 Å². The molecule has 0 aliphatic carbocycles. The van der Waals surface area contributed by atoms with Crippen LogP contribution >= 0.6 is 0 Å². The second kappa shape index (κ2) is 10.4. The van der Waals surface area contributed by atoms with E-state index >= 15 is 0 Å². The molecular formula is C20H21N3O4. The molecule has 2 amide bonds. The third kappa shape index (κ3) is 6.32. The van der Waals surface area contributed by atoms with Crippen molar-refractivity contribution in [2.75, 3.05) is 13.7 Å². The standard InChI is InChI=1S/C20H21N3O4/c1-3-11-27-17-10-9-16(12-18(17)26-2)14-22-23-20(25)19(24)21-13-15-7-5-4-6-8-15/h3-10,12,14H,1,11,13H2,2H3,(H,21,24)(H,23,25)/b22-14-. The first-order valence-electron chi connectivity index (χ1n) is 8.21. The lowest BCUT2D eigenvalue weighted by Crippen LogP contribution is -2.37. The number of rotatable bonds is 8. The minimum atomic E-state index is -0.847. The minimum Gasteiger partial charge on any atom is -0.493 e. The average molecular weight is 367 g/mol. The van der Waals surface area contributed by atoms with Crippen LogP contribution in [0.1, 0.15) is 11.1 Å². The van der Waals surface area contributed by atoms with Crippen molar-refractivity contribution in [1.29, 1.82) is 0 Å². The van der Waals surface area contributed by atoms with Gasteiger partial charge in [-0.3, -0.25) is 9.59 Å². The Morgan fingerprint density at radius 1 is 1.11 bits per heavy atom. The zero-order chi connectivity index (χ0) is 19.5. The highest BCUT2D eigenvalue weighted by molar-refractivity contribution is 6.35. The van der Waals surface area contributed by atoms with E-state index < -0.39 is 11.8 Å². The van der Waals surface area contributed by atoms with Crippen LogP contribution in [0.2, 0.25) is 0 Å². The quantitative estimate of drug-likeness (QED) is 0.323. The Balaban J connectivity index is 1.87. The fourth-order valence-corrected chi connectivity index (χ4v) is 2.11. The number of carbonyl (C=O) groups excluding carboxylic acids is 2.